The zero-order valence-corrected chi connectivity index (χ0v) is 18.7. The monoisotopic (exact) mass is 464 g/mol. The summed E-state index contributed by atoms with van der Waals surface area (Å²) in [5, 5.41) is 7.16. The molecule has 9 nitrogen and oxygen atoms in total. The number of hydrogen-bond donors (Lipinski definition) is 1. The zero-order valence-electron chi connectivity index (χ0n) is 18.7. The molecular weight excluding hydrogens is 439 g/mol. The zero-order chi connectivity index (χ0) is 23.7. The maximum Gasteiger partial charge on any atom is 0.414 e. The first-order chi connectivity index (χ1) is 16.5. The summed E-state index contributed by atoms with van der Waals surface area (Å²) in [6.07, 6.45) is 7.18. The van der Waals surface area contributed by atoms with Crippen LogP contribution in [0.3, 0.4) is 0 Å². The van der Waals surface area contributed by atoms with E-state index in [1.165, 1.54) is 17.9 Å². The van der Waals surface area contributed by atoms with Crippen LogP contribution in [0.2, 0.25) is 0 Å². The number of nitrogens with one attached hydrogen (secondary N) is 1. The number of pyridine rings is 1. The molecule has 2 aliphatic heterocycles. The maximum absolute atomic E-state index is 15.1. The topological polar surface area (TPSA) is 92.6 Å². The number of rotatable bonds is 6. The second-order valence-corrected chi connectivity index (χ2v) is 8.52. The van der Waals surface area contributed by atoms with Crippen LogP contribution in [0.4, 0.5) is 20.6 Å². The quantitative estimate of drug-likeness (QED) is 0.603. The minimum Gasteiger partial charge on any atom is -0.442 e. The highest BCUT2D eigenvalue weighted by atomic mass is 19.1. The highest BCUT2D eigenvalue weighted by molar-refractivity contribution is 5.90. The fourth-order valence-electron chi connectivity index (χ4n) is 4.42. The molecule has 0 radical (unpaired) electrons. The molecular formula is C24H25FN6O3. The van der Waals surface area contributed by atoms with Gasteiger partial charge >= 0.3 is 6.09 Å². The SMILES string of the molecule is CC(=O)NCC1CN(c2ccc(N3CCC(n4cc(-c5ccncc5)cn4)C3)c(F)c2)C(=O)O1. The molecule has 176 valence electrons. The van der Waals surface area contributed by atoms with Crippen LogP contribution < -0.4 is 15.1 Å². The Kier molecular flexibility index (Phi) is 5.87. The van der Waals surface area contributed by atoms with E-state index in [1.54, 1.807) is 24.5 Å². The number of benzene rings is 1. The summed E-state index contributed by atoms with van der Waals surface area (Å²) < 4.78 is 22.3. The van der Waals surface area contributed by atoms with Crippen LogP contribution in [0.1, 0.15) is 19.4 Å². The fourth-order valence-corrected chi connectivity index (χ4v) is 4.42. The Morgan fingerprint density at radius 2 is 2.03 bits per heavy atom. The lowest BCUT2D eigenvalue weighted by Gasteiger charge is -2.21. The number of hydrogen-bond acceptors (Lipinski definition) is 6. The minimum absolute atomic E-state index is 0.137. The molecule has 2 aliphatic rings. The van der Waals surface area contributed by atoms with Gasteiger partial charge in [-0.05, 0) is 42.3 Å². The summed E-state index contributed by atoms with van der Waals surface area (Å²) in [5.41, 5.74) is 3.00. The molecule has 0 aliphatic carbocycles. The van der Waals surface area contributed by atoms with E-state index >= 15 is 4.39 Å². The van der Waals surface area contributed by atoms with E-state index in [0.29, 0.717) is 24.5 Å². The second-order valence-electron chi connectivity index (χ2n) is 8.52. The van der Waals surface area contributed by atoms with Gasteiger partial charge in [-0.25, -0.2) is 9.18 Å². The third kappa shape index (κ3) is 4.43. The first-order valence-corrected chi connectivity index (χ1v) is 11.2. The Morgan fingerprint density at radius 1 is 1.21 bits per heavy atom. The molecule has 2 fully saturated rings. The van der Waals surface area contributed by atoms with Gasteiger partial charge in [0.25, 0.3) is 0 Å². The van der Waals surface area contributed by atoms with Crippen molar-refractivity contribution in [3.05, 3.63) is 60.9 Å². The average molecular weight is 465 g/mol. The predicted molar refractivity (Wildman–Crippen MR) is 124 cm³/mol. The Labute approximate surface area is 196 Å². The summed E-state index contributed by atoms with van der Waals surface area (Å²) >= 11 is 0. The summed E-state index contributed by atoms with van der Waals surface area (Å²) in [7, 11) is 0. The van der Waals surface area contributed by atoms with Gasteiger partial charge in [0.2, 0.25) is 5.91 Å². The summed E-state index contributed by atoms with van der Waals surface area (Å²) in [4.78, 5) is 30.8. The minimum atomic E-state index is -0.549. The first-order valence-electron chi connectivity index (χ1n) is 11.2. The number of carbonyl (C=O) groups excluding carboxylic acids is 2. The summed E-state index contributed by atoms with van der Waals surface area (Å²) in [6, 6.07) is 8.81. The van der Waals surface area contributed by atoms with Gasteiger partial charge in [-0.3, -0.25) is 19.4 Å². The normalized spacial score (nSPS) is 20.0. The van der Waals surface area contributed by atoms with E-state index in [0.717, 1.165) is 17.5 Å². The number of cyclic esters (lactones) is 1. The van der Waals surface area contributed by atoms with Gasteiger partial charge in [0.15, 0.2) is 0 Å². The van der Waals surface area contributed by atoms with E-state index in [4.69, 9.17) is 4.74 Å². The summed E-state index contributed by atoms with van der Waals surface area (Å²) in [5.74, 6) is -0.591. The number of halogens is 1. The predicted octanol–water partition coefficient (Wildman–Crippen LogP) is 3.00. The Hall–Kier alpha value is -3.95. The average Bonchev–Trinajstić information content (AvgIpc) is 3.58. The molecule has 34 heavy (non-hydrogen) atoms. The molecule has 2 saturated heterocycles. The van der Waals surface area contributed by atoms with Crippen LogP contribution in [-0.4, -0.2) is 59.0 Å². The van der Waals surface area contributed by atoms with Crippen LogP contribution >= 0.6 is 0 Å². The van der Waals surface area contributed by atoms with Crippen LogP contribution in [-0.2, 0) is 9.53 Å². The molecule has 4 heterocycles. The molecule has 3 aromatic rings. The Bertz CT molecular complexity index is 1200. The molecule has 0 bridgehead atoms. The lowest BCUT2D eigenvalue weighted by molar-refractivity contribution is -0.119. The molecule has 5 rings (SSSR count). The van der Waals surface area contributed by atoms with E-state index in [-0.39, 0.29) is 25.0 Å². The molecule has 2 unspecified atom stereocenters. The third-order valence-corrected chi connectivity index (χ3v) is 6.19. The number of amides is 2. The number of carbonyl (C=O) groups is 2. The van der Waals surface area contributed by atoms with E-state index < -0.39 is 18.0 Å². The highest BCUT2D eigenvalue weighted by Gasteiger charge is 2.33. The van der Waals surface area contributed by atoms with Crippen molar-refractivity contribution >= 4 is 23.4 Å². The van der Waals surface area contributed by atoms with Gasteiger partial charge in [-0.2, -0.15) is 5.10 Å². The maximum atomic E-state index is 15.1. The standard InChI is InChI=1S/C24H25FN6O3/c1-16(32)27-12-21-15-30(24(33)34-21)19-2-3-23(22(25)10-19)29-9-6-20(14-29)31-13-18(11-28-31)17-4-7-26-8-5-17/h2-5,7-8,10-11,13,20-21H,6,9,12,14-15H2,1H3,(H,27,32). The van der Waals surface area contributed by atoms with Crippen molar-refractivity contribution in [1.29, 1.82) is 0 Å². The van der Waals surface area contributed by atoms with Gasteiger partial charge in [-0.15, -0.1) is 0 Å². The van der Waals surface area contributed by atoms with Crippen molar-refractivity contribution in [3.8, 4) is 11.1 Å². The lowest BCUT2D eigenvalue weighted by atomic mass is 10.1. The van der Waals surface area contributed by atoms with Crippen molar-refractivity contribution in [1.82, 2.24) is 20.1 Å². The van der Waals surface area contributed by atoms with E-state index in [2.05, 4.69) is 15.4 Å². The molecule has 2 atom stereocenters. The third-order valence-electron chi connectivity index (χ3n) is 6.19. The van der Waals surface area contributed by atoms with Crippen LogP contribution in [0.5, 0.6) is 0 Å². The van der Waals surface area contributed by atoms with Crippen molar-refractivity contribution < 1.29 is 18.7 Å². The number of nitrogens with zero attached hydrogens (tertiary/aromatic N) is 5. The van der Waals surface area contributed by atoms with Crippen LogP contribution in [0.15, 0.2) is 55.1 Å². The lowest BCUT2D eigenvalue weighted by Crippen LogP contribution is -2.33. The molecule has 2 amide bonds. The molecule has 0 spiro atoms. The number of aromatic nitrogens is 3. The van der Waals surface area contributed by atoms with Gasteiger partial charge < -0.3 is 15.0 Å². The second kappa shape index (κ2) is 9.12. The van der Waals surface area contributed by atoms with Crippen molar-refractivity contribution in [2.45, 2.75) is 25.5 Å². The molecule has 0 saturated carbocycles. The van der Waals surface area contributed by atoms with E-state index in [1.807, 2.05) is 34.1 Å². The number of ether oxygens (including phenoxy) is 1. The first kappa shape index (κ1) is 21.9. The summed E-state index contributed by atoms with van der Waals surface area (Å²) in [6.45, 7) is 3.22. The Morgan fingerprint density at radius 3 is 2.79 bits per heavy atom. The van der Waals surface area contributed by atoms with Gasteiger partial charge in [0, 0.05) is 44.2 Å². The van der Waals surface area contributed by atoms with Crippen molar-refractivity contribution in [3.63, 3.8) is 0 Å². The Balaban J connectivity index is 1.25. The van der Waals surface area contributed by atoms with Gasteiger partial charge in [0.1, 0.15) is 11.9 Å². The molecule has 1 aromatic carbocycles. The highest BCUT2D eigenvalue weighted by Crippen LogP contribution is 2.32. The van der Waals surface area contributed by atoms with Crippen LogP contribution in [0.25, 0.3) is 11.1 Å². The van der Waals surface area contributed by atoms with E-state index in [9.17, 15) is 9.59 Å². The fraction of sp³-hybridized carbons (Fsp3) is 0.333. The largest absolute Gasteiger partial charge is 0.442 e. The van der Waals surface area contributed by atoms with Gasteiger partial charge in [-0.1, -0.05) is 0 Å². The molecule has 10 heteroatoms. The van der Waals surface area contributed by atoms with Crippen molar-refractivity contribution in [2.24, 2.45) is 0 Å². The number of anilines is 2. The van der Waals surface area contributed by atoms with Crippen LogP contribution in [0, 0.1) is 5.82 Å². The molecule has 1 N–H and O–H groups in total. The smallest absolute Gasteiger partial charge is 0.414 e. The van der Waals surface area contributed by atoms with Gasteiger partial charge in [0.05, 0.1) is 36.7 Å². The molecule has 2 aromatic heterocycles. The van der Waals surface area contributed by atoms with Crippen molar-refractivity contribution in [2.75, 3.05) is 36.0 Å².